The van der Waals surface area contributed by atoms with E-state index in [0.717, 1.165) is 16.3 Å². The Labute approximate surface area is 208 Å². The Bertz CT molecular complexity index is 1190. The monoisotopic (exact) mass is 498 g/mol. The van der Waals surface area contributed by atoms with Crippen LogP contribution in [0.25, 0.3) is 10.8 Å². The summed E-state index contributed by atoms with van der Waals surface area (Å²) in [6.45, 7) is 0.106. The number of fused-ring (bicyclic) bond motifs is 1. The second-order valence-electron chi connectivity index (χ2n) is 7.94. The number of rotatable bonds is 10. The van der Waals surface area contributed by atoms with Crippen LogP contribution in [-0.4, -0.2) is 52.8 Å². The Morgan fingerprint density at radius 1 is 1.11 bits per heavy atom. The van der Waals surface area contributed by atoms with Crippen LogP contribution in [0.5, 0.6) is 0 Å². The highest BCUT2D eigenvalue weighted by Crippen LogP contribution is 2.17. The second kappa shape index (κ2) is 12.6. The van der Waals surface area contributed by atoms with Gasteiger partial charge in [-0.25, -0.2) is 14.6 Å². The van der Waals surface area contributed by atoms with Crippen molar-refractivity contribution in [3.05, 3.63) is 71.4 Å². The van der Waals surface area contributed by atoms with E-state index in [1.54, 1.807) is 37.5 Å². The summed E-state index contributed by atoms with van der Waals surface area (Å²) in [4.78, 5) is 41.6. The van der Waals surface area contributed by atoms with Gasteiger partial charge in [-0.15, -0.1) is 0 Å². The smallest absolute Gasteiger partial charge is 0.412 e. The van der Waals surface area contributed by atoms with E-state index in [4.69, 9.17) is 21.4 Å². The van der Waals surface area contributed by atoms with Gasteiger partial charge in [0.05, 0.1) is 6.04 Å². The number of carbonyl (C=O) groups is 3. The second-order valence-corrected chi connectivity index (χ2v) is 8.35. The number of carboxylic acid groups (broad SMARTS) is 1. The van der Waals surface area contributed by atoms with Crippen LogP contribution in [0.2, 0.25) is 5.02 Å². The molecule has 3 rings (SSSR count). The predicted molar refractivity (Wildman–Crippen MR) is 133 cm³/mol. The number of hydrogen-bond donors (Lipinski definition) is 3. The number of hydrogen-bond acceptors (Lipinski definition) is 5. The van der Waals surface area contributed by atoms with Crippen molar-refractivity contribution in [3.63, 3.8) is 0 Å². The number of anilines is 1. The lowest BCUT2D eigenvalue weighted by Crippen LogP contribution is -2.46. The van der Waals surface area contributed by atoms with Crippen LogP contribution in [0.1, 0.15) is 24.8 Å². The van der Waals surface area contributed by atoms with Crippen molar-refractivity contribution in [3.8, 4) is 0 Å². The van der Waals surface area contributed by atoms with Crippen molar-refractivity contribution in [1.29, 1.82) is 0 Å². The summed E-state index contributed by atoms with van der Waals surface area (Å²) in [7, 11) is 1.57. The number of likely N-dealkylation sites (N-methyl/N-ethyl adjacent to an activating group) is 1. The van der Waals surface area contributed by atoms with Gasteiger partial charge in [-0.1, -0.05) is 54.1 Å². The van der Waals surface area contributed by atoms with Crippen molar-refractivity contribution in [2.75, 3.05) is 19.0 Å². The van der Waals surface area contributed by atoms with Crippen LogP contribution in [0, 0.1) is 0 Å². The summed E-state index contributed by atoms with van der Waals surface area (Å²) in [6.07, 6.45) is 1.53. The maximum atomic E-state index is 12.7. The largest absolute Gasteiger partial charge is 0.481 e. The Morgan fingerprint density at radius 2 is 1.83 bits per heavy atom. The minimum atomic E-state index is -0.935. The quantitative estimate of drug-likeness (QED) is 0.365. The average molecular weight is 499 g/mol. The SMILES string of the molecule is CN(C(=O)NCc1ccccc1Cl)[C@@H](CCCC(=O)O)COC(=O)Nc1cc2ccccc2cn1. The van der Waals surface area contributed by atoms with Gasteiger partial charge in [0.1, 0.15) is 12.4 Å². The van der Waals surface area contributed by atoms with Crippen LogP contribution >= 0.6 is 11.6 Å². The van der Waals surface area contributed by atoms with Crippen LogP contribution < -0.4 is 10.6 Å². The molecule has 184 valence electrons. The van der Waals surface area contributed by atoms with Crippen molar-refractivity contribution in [2.45, 2.75) is 31.8 Å². The van der Waals surface area contributed by atoms with Crippen LogP contribution in [-0.2, 0) is 16.1 Å². The molecule has 10 heteroatoms. The topological polar surface area (TPSA) is 121 Å². The molecule has 3 amide bonds. The summed E-state index contributed by atoms with van der Waals surface area (Å²) in [5, 5.41) is 16.7. The number of urea groups is 1. The van der Waals surface area contributed by atoms with E-state index in [1.165, 1.54) is 4.90 Å². The number of aromatic nitrogens is 1. The first-order chi connectivity index (χ1) is 16.8. The average Bonchev–Trinajstić information content (AvgIpc) is 2.84. The predicted octanol–water partition coefficient (Wildman–Crippen LogP) is 4.90. The molecule has 0 spiro atoms. The highest BCUT2D eigenvalue weighted by molar-refractivity contribution is 6.31. The lowest BCUT2D eigenvalue weighted by molar-refractivity contribution is -0.137. The Balaban J connectivity index is 1.58. The highest BCUT2D eigenvalue weighted by atomic mass is 35.5. The number of nitrogens with one attached hydrogen (secondary N) is 2. The van der Waals surface area contributed by atoms with E-state index in [1.807, 2.05) is 30.3 Å². The molecule has 0 aliphatic heterocycles. The summed E-state index contributed by atoms with van der Waals surface area (Å²) in [6, 6.07) is 15.6. The molecule has 0 saturated carbocycles. The number of halogens is 1. The van der Waals surface area contributed by atoms with Crippen LogP contribution in [0.15, 0.2) is 60.8 Å². The first-order valence-corrected chi connectivity index (χ1v) is 11.5. The molecule has 0 aliphatic rings. The number of nitrogens with zero attached hydrogens (tertiary/aromatic N) is 2. The molecule has 2 aromatic carbocycles. The molecule has 1 heterocycles. The number of aliphatic carboxylic acids is 1. The van der Waals surface area contributed by atoms with Gasteiger partial charge >= 0.3 is 18.1 Å². The molecule has 9 nitrogen and oxygen atoms in total. The molecule has 3 N–H and O–H groups in total. The standard InChI is InChI=1S/C25H27ClN4O5/c1-30(24(33)28-15-19-9-4-5-11-21(19)26)20(10-6-12-23(31)32)16-35-25(34)29-22-13-17-7-2-3-8-18(17)14-27-22/h2-5,7-9,11,13-14,20H,6,10,12,15-16H2,1H3,(H,28,33)(H,31,32)(H,27,29,34)/t20-/m0/s1. The Hall–Kier alpha value is -3.85. The summed E-state index contributed by atoms with van der Waals surface area (Å²) >= 11 is 6.14. The first kappa shape index (κ1) is 25.8. The molecule has 3 aromatic rings. The molecular formula is C25H27ClN4O5. The number of benzene rings is 2. The molecule has 0 unspecified atom stereocenters. The molecule has 35 heavy (non-hydrogen) atoms. The number of carbonyl (C=O) groups excluding carboxylic acids is 2. The number of amides is 3. The third-order valence-electron chi connectivity index (χ3n) is 5.45. The molecule has 0 aliphatic carbocycles. The van der Waals surface area contributed by atoms with Crippen LogP contribution in [0.3, 0.4) is 0 Å². The van der Waals surface area contributed by atoms with Crippen molar-refractivity contribution >= 4 is 46.3 Å². The normalized spacial score (nSPS) is 11.5. The van der Waals surface area contributed by atoms with Gasteiger partial charge in [0, 0.05) is 36.6 Å². The molecule has 1 atom stereocenters. The van der Waals surface area contributed by atoms with Crippen LogP contribution in [0.4, 0.5) is 15.4 Å². The van der Waals surface area contributed by atoms with E-state index in [9.17, 15) is 14.4 Å². The van der Waals surface area contributed by atoms with E-state index in [2.05, 4.69) is 15.6 Å². The summed E-state index contributed by atoms with van der Waals surface area (Å²) in [5.41, 5.74) is 0.761. The summed E-state index contributed by atoms with van der Waals surface area (Å²) in [5.74, 6) is -0.599. The van der Waals surface area contributed by atoms with Gasteiger partial charge in [0.25, 0.3) is 0 Å². The molecule has 0 bridgehead atoms. The van der Waals surface area contributed by atoms with Gasteiger partial charge in [-0.3, -0.25) is 10.1 Å². The minimum absolute atomic E-state index is 0.0568. The van der Waals surface area contributed by atoms with E-state index in [-0.39, 0.29) is 19.6 Å². The van der Waals surface area contributed by atoms with Gasteiger partial charge < -0.3 is 20.1 Å². The third kappa shape index (κ3) is 7.86. The van der Waals surface area contributed by atoms with Gasteiger partial charge in [0.2, 0.25) is 0 Å². The number of ether oxygens (including phenoxy) is 1. The molecule has 0 radical (unpaired) electrons. The van der Waals surface area contributed by atoms with Crippen molar-refractivity contribution in [2.24, 2.45) is 0 Å². The fourth-order valence-electron chi connectivity index (χ4n) is 3.45. The zero-order valence-electron chi connectivity index (χ0n) is 19.2. The molecular weight excluding hydrogens is 472 g/mol. The van der Waals surface area contributed by atoms with E-state index in [0.29, 0.717) is 23.7 Å². The fraction of sp³-hybridized carbons (Fsp3) is 0.280. The molecule has 0 saturated heterocycles. The van der Waals surface area contributed by atoms with Crippen molar-refractivity contribution < 1.29 is 24.2 Å². The lowest BCUT2D eigenvalue weighted by atomic mass is 10.1. The van der Waals surface area contributed by atoms with Gasteiger partial charge in [0.15, 0.2) is 0 Å². The summed E-state index contributed by atoms with van der Waals surface area (Å²) < 4.78 is 5.35. The maximum Gasteiger partial charge on any atom is 0.412 e. The van der Waals surface area contributed by atoms with Gasteiger partial charge in [-0.2, -0.15) is 0 Å². The third-order valence-corrected chi connectivity index (χ3v) is 5.82. The van der Waals surface area contributed by atoms with E-state index >= 15 is 0 Å². The molecule has 0 fully saturated rings. The fourth-order valence-corrected chi connectivity index (χ4v) is 3.65. The molecule has 1 aromatic heterocycles. The Morgan fingerprint density at radius 3 is 2.57 bits per heavy atom. The van der Waals surface area contributed by atoms with Crippen molar-refractivity contribution in [1.82, 2.24) is 15.2 Å². The Kier molecular flexibility index (Phi) is 9.25. The first-order valence-electron chi connectivity index (χ1n) is 11.1. The minimum Gasteiger partial charge on any atom is -0.481 e. The maximum absolute atomic E-state index is 12.7. The van der Waals surface area contributed by atoms with Gasteiger partial charge in [-0.05, 0) is 35.9 Å². The zero-order chi connectivity index (χ0) is 25.2. The number of carboxylic acids is 1. The zero-order valence-corrected chi connectivity index (χ0v) is 20.0. The lowest BCUT2D eigenvalue weighted by Gasteiger charge is -2.28. The highest BCUT2D eigenvalue weighted by Gasteiger charge is 2.22. The van der Waals surface area contributed by atoms with E-state index < -0.39 is 24.1 Å². The number of pyridine rings is 1.